The number of rotatable bonds is 7. The van der Waals surface area contributed by atoms with Crippen LogP contribution in [0.25, 0.3) is 11.1 Å². The molecule has 0 radical (unpaired) electrons. The molecule has 0 fully saturated rings. The van der Waals surface area contributed by atoms with Crippen LogP contribution in [0.15, 0.2) is 88.9 Å². The minimum Gasteiger partial charge on any atom is -0.494 e. The van der Waals surface area contributed by atoms with E-state index in [0.29, 0.717) is 18.1 Å². The highest BCUT2D eigenvalue weighted by Crippen LogP contribution is 2.20. The maximum atomic E-state index is 12.4. The Labute approximate surface area is 165 Å². The van der Waals surface area contributed by atoms with Gasteiger partial charge < -0.3 is 4.74 Å². The lowest BCUT2D eigenvalue weighted by Gasteiger charge is -2.08. The van der Waals surface area contributed by atoms with E-state index in [2.05, 4.69) is 9.93 Å². The summed E-state index contributed by atoms with van der Waals surface area (Å²) in [6, 6.07) is 24.1. The third kappa shape index (κ3) is 4.78. The van der Waals surface area contributed by atoms with E-state index in [1.807, 2.05) is 61.5 Å². The molecule has 0 spiro atoms. The van der Waals surface area contributed by atoms with E-state index in [-0.39, 0.29) is 4.90 Å². The second-order valence-electron chi connectivity index (χ2n) is 6.14. The third-order valence-corrected chi connectivity index (χ3v) is 5.41. The highest BCUT2D eigenvalue weighted by Gasteiger charge is 2.13. The molecule has 0 saturated heterocycles. The summed E-state index contributed by atoms with van der Waals surface area (Å²) in [7, 11) is -3.74. The zero-order chi connectivity index (χ0) is 20.0. The summed E-state index contributed by atoms with van der Waals surface area (Å²) in [4.78, 5) is 2.42. The molecule has 3 aromatic carbocycles. The average Bonchev–Trinajstić information content (AvgIpc) is 2.73. The molecule has 1 N–H and O–H groups in total. The Bertz CT molecular complexity index is 1040. The van der Waals surface area contributed by atoms with Crippen LogP contribution in [0.3, 0.4) is 0 Å². The minimum absolute atomic E-state index is 0.131. The van der Waals surface area contributed by atoms with Crippen LogP contribution < -0.4 is 9.57 Å². The first kappa shape index (κ1) is 19.6. The summed E-state index contributed by atoms with van der Waals surface area (Å²) in [6.45, 7) is 4.16. The largest absolute Gasteiger partial charge is 0.494 e. The van der Waals surface area contributed by atoms with Crippen molar-refractivity contribution < 1.29 is 13.2 Å². The number of hydrogen-bond donors (Lipinski definition) is 1. The van der Waals surface area contributed by atoms with Gasteiger partial charge in [-0.1, -0.05) is 54.6 Å². The van der Waals surface area contributed by atoms with Gasteiger partial charge >= 0.3 is 0 Å². The van der Waals surface area contributed by atoms with Gasteiger partial charge in [-0.2, -0.15) is 18.4 Å². The monoisotopic (exact) mass is 394 g/mol. The zero-order valence-electron chi connectivity index (χ0n) is 15.8. The van der Waals surface area contributed by atoms with Gasteiger partial charge in [0.15, 0.2) is 0 Å². The van der Waals surface area contributed by atoms with E-state index in [0.717, 1.165) is 16.7 Å². The molecule has 144 valence electrons. The van der Waals surface area contributed by atoms with Crippen LogP contribution in [-0.2, 0) is 10.0 Å². The van der Waals surface area contributed by atoms with E-state index < -0.39 is 10.0 Å². The summed E-state index contributed by atoms with van der Waals surface area (Å²) in [5.74, 6) is 0.625. The molecule has 0 saturated carbocycles. The van der Waals surface area contributed by atoms with Gasteiger partial charge in [-0.15, -0.1) is 0 Å². The van der Waals surface area contributed by atoms with Crippen molar-refractivity contribution in [2.24, 2.45) is 5.10 Å². The third-order valence-electron chi connectivity index (χ3n) is 4.19. The lowest BCUT2D eigenvalue weighted by Crippen LogP contribution is -2.19. The number of nitrogens with zero attached hydrogens (tertiary/aromatic N) is 1. The van der Waals surface area contributed by atoms with E-state index in [1.54, 1.807) is 19.1 Å². The van der Waals surface area contributed by atoms with Crippen molar-refractivity contribution in [2.75, 3.05) is 6.61 Å². The molecule has 0 amide bonds. The summed E-state index contributed by atoms with van der Waals surface area (Å²) < 4.78 is 30.2. The van der Waals surface area contributed by atoms with Crippen LogP contribution in [0.1, 0.15) is 19.4 Å². The quantitative estimate of drug-likeness (QED) is 0.475. The maximum absolute atomic E-state index is 12.4. The SMILES string of the molecule is CCOc1ccc(S(=O)(=O)NN=C(C)c2ccc(-c3ccccc3)cc2)cc1. The Morgan fingerprint density at radius 2 is 1.50 bits per heavy atom. The van der Waals surface area contributed by atoms with E-state index in [1.165, 1.54) is 12.1 Å². The normalized spacial score (nSPS) is 11.9. The van der Waals surface area contributed by atoms with Crippen molar-refractivity contribution in [1.29, 1.82) is 0 Å². The molecular weight excluding hydrogens is 372 g/mol. The van der Waals surface area contributed by atoms with Crippen molar-refractivity contribution in [3.8, 4) is 16.9 Å². The van der Waals surface area contributed by atoms with Gasteiger partial charge in [-0.25, -0.2) is 0 Å². The summed E-state index contributed by atoms with van der Waals surface area (Å²) in [6.07, 6.45) is 0. The van der Waals surface area contributed by atoms with Crippen LogP contribution in [0.5, 0.6) is 5.75 Å². The molecule has 3 aromatic rings. The molecule has 0 bridgehead atoms. The fourth-order valence-corrected chi connectivity index (χ4v) is 3.52. The van der Waals surface area contributed by atoms with Crippen LogP contribution in [-0.4, -0.2) is 20.7 Å². The van der Waals surface area contributed by atoms with Crippen molar-refractivity contribution >= 4 is 15.7 Å². The Morgan fingerprint density at radius 3 is 2.11 bits per heavy atom. The molecule has 0 atom stereocenters. The number of sulfonamides is 1. The van der Waals surface area contributed by atoms with Gasteiger partial charge in [0, 0.05) is 0 Å². The standard InChI is InChI=1S/C22H22N2O3S/c1-3-27-21-13-15-22(16-14-21)28(25,26)24-23-17(2)18-9-11-20(12-10-18)19-7-5-4-6-8-19/h4-16,24H,3H2,1-2H3. The highest BCUT2D eigenvalue weighted by atomic mass is 32.2. The van der Waals surface area contributed by atoms with Crippen molar-refractivity contribution in [2.45, 2.75) is 18.7 Å². The molecule has 0 heterocycles. The Kier molecular flexibility index (Phi) is 6.11. The molecule has 0 aliphatic rings. The minimum atomic E-state index is -3.74. The second kappa shape index (κ2) is 8.71. The van der Waals surface area contributed by atoms with Crippen LogP contribution in [0.2, 0.25) is 0 Å². The molecule has 3 rings (SSSR count). The van der Waals surface area contributed by atoms with Gasteiger partial charge in [0.2, 0.25) is 0 Å². The summed E-state index contributed by atoms with van der Waals surface area (Å²) in [5, 5.41) is 4.05. The van der Waals surface area contributed by atoms with Crippen molar-refractivity contribution in [1.82, 2.24) is 4.83 Å². The molecule has 6 heteroatoms. The number of hydrazone groups is 1. The fraction of sp³-hybridized carbons (Fsp3) is 0.136. The number of ether oxygens (including phenoxy) is 1. The smallest absolute Gasteiger partial charge is 0.276 e. The predicted octanol–water partition coefficient (Wildman–Crippen LogP) is 4.45. The van der Waals surface area contributed by atoms with Gasteiger partial charge in [0.05, 0.1) is 17.2 Å². The van der Waals surface area contributed by atoms with Gasteiger partial charge in [-0.3, -0.25) is 0 Å². The number of benzene rings is 3. The fourth-order valence-electron chi connectivity index (χ4n) is 2.66. The zero-order valence-corrected chi connectivity index (χ0v) is 16.6. The molecule has 5 nitrogen and oxygen atoms in total. The highest BCUT2D eigenvalue weighted by molar-refractivity contribution is 7.89. The van der Waals surface area contributed by atoms with Crippen LogP contribution in [0.4, 0.5) is 0 Å². The Hall–Kier alpha value is -3.12. The number of nitrogens with one attached hydrogen (secondary N) is 1. The molecule has 0 aliphatic carbocycles. The number of hydrogen-bond acceptors (Lipinski definition) is 4. The average molecular weight is 394 g/mol. The Morgan fingerprint density at radius 1 is 0.893 bits per heavy atom. The van der Waals surface area contributed by atoms with E-state index in [9.17, 15) is 8.42 Å². The molecular formula is C22H22N2O3S. The second-order valence-corrected chi connectivity index (χ2v) is 7.80. The molecule has 0 aliphatic heterocycles. The molecule has 28 heavy (non-hydrogen) atoms. The Balaban J connectivity index is 1.72. The van der Waals surface area contributed by atoms with Crippen LogP contribution >= 0.6 is 0 Å². The van der Waals surface area contributed by atoms with Crippen molar-refractivity contribution in [3.05, 3.63) is 84.4 Å². The van der Waals surface area contributed by atoms with E-state index in [4.69, 9.17) is 4.74 Å². The molecule has 0 aromatic heterocycles. The van der Waals surface area contributed by atoms with Gasteiger partial charge in [0.1, 0.15) is 5.75 Å². The lowest BCUT2D eigenvalue weighted by atomic mass is 10.0. The van der Waals surface area contributed by atoms with Gasteiger partial charge in [0.25, 0.3) is 10.0 Å². The van der Waals surface area contributed by atoms with Gasteiger partial charge in [-0.05, 0) is 54.8 Å². The topological polar surface area (TPSA) is 67.8 Å². The van der Waals surface area contributed by atoms with E-state index >= 15 is 0 Å². The van der Waals surface area contributed by atoms with Crippen LogP contribution in [0, 0.1) is 0 Å². The lowest BCUT2D eigenvalue weighted by molar-refractivity contribution is 0.340. The molecule has 0 unspecified atom stereocenters. The summed E-state index contributed by atoms with van der Waals surface area (Å²) in [5.41, 5.74) is 3.63. The van der Waals surface area contributed by atoms with Crippen molar-refractivity contribution in [3.63, 3.8) is 0 Å². The first-order valence-electron chi connectivity index (χ1n) is 8.94. The first-order chi connectivity index (χ1) is 13.5. The maximum Gasteiger partial charge on any atom is 0.276 e. The first-order valence-corrected chi connectivity index (χ1v) is 10.4. The summed E-state index contributed by atoms with van der Waals surface area (Å²) >= 11 is 0. The predicted molar refractivity (Wildman–Crippen MR) is 112 cm³/mol.